The maximum absolute atomic E-state index is 10.7. The molecule has 11 heavy (non-hydrogen) atoms. The van der Waals surface area contributed by atoms with E-state index in [0.717, 1.165) is 6.92 Å². The van der Waals surface area contributed by atoms with Gasteiger partial charge in [-0.25, -0.2) is 4.79 Å². The number of cyclic esters (lactones) is 1. The minimum Gasteiger partial charge on any atom is -0.455 e. The molecule has 1 heterocycles. The number of rotatable bonds is 1. The average Bonchev–Trinajstić information content (AvgIpc) is 2.14. The van der Waals surface area contributed by atoms with Gasteiger partial charge in [-0.15, -0.1) is 0 Å². The van der Waals surface area contributed by atoms with Crippen LogP contribution >= 0.6 is 0 Å². The Balaban J connectivity index is 2.80. The lowest BCUT2D eigenvalue weighted by molar-refractivity contribution is -0.155. The molecule has 0 saturated carbocycles. The minimum atomic E-state index is -1.88. The van der Waals surface area contributed by atoms with E-state index in [4.69, 9.17) is 10.2 Å². The Morgan fingerprint density at radius 2 is 2.27 bits per heavy atom. The standard InChI is InChI=1S/C6H10O5/c1-6(10)4(8)3(2-7)11-5(6)9/h3-4,7-8,10H,2H2,1H3/t3-,4-,6-/m0/s1. The van der Waals surface area contributed by atoms with Crippen molar-refractivity contribution in [2.75, 3.05) is 6.61 Å². The lowest BCUT2D eigenvalue weighted by Crippen LogP contribution is -2.43. The third kappa shape index (κ3) is 1.11. The van der Waals surface area contributed by atoms with Crippen LogP contribution in [0.4, 0.5) is 0 Å². The Hall–Kier alpha value is -0.650. The van der Waals surface area contributed by atoms with Crippen molar-refractivity contribution in [2.45, 2.75) is 24.7 Å². The lowest BCUT2D eigenvalue weighted by Gasteiger charge is -2.16. The Labute approximate surface area is 63.2 Å². The van der Waals surface area contributed by atoms with Crippen LogP contribution in [0.25, 0.3) is 0 Å². The van der Waals surface area contributed by atoms with E-state index in [9.17, 15) is 9.90 Å². The van der Waals surface area contributed by atoms with Gasteiger partial charge in [-0.05, 0) is 6.92 Å². The number of hydrogen-bond donors (Lipinski definition) is 3. The van der Waals surface area contributed by atoms with Gasteiger partial charge in [0.15, 0.2) is 11.7 Å². The zero-order valence-electron chi connectivity index (χ0n) is 6.02. The summed E-state index contributed by atoms with van der Waals surface area (Å²) in [6, 6.07) is 0. The molecule has 0 aromatic heterocycles. The molecule has 5 nitrogen and oxygen atoms in total. The topological polar surface area (TPSA) is 87.0 Å². The fourth-order valence-corrected chi connectivity index (χ4v) is 0.941. The molecular formula is C6H10O5. The van der Waals surface area contributed by atoms with Gasteiger partial charge in [0.25, 0.3) is 0 Å². The molecule has 0 unspecified atom stereocenters. The molecule has 5 heteroatoms. The molecule has 64 valence electrons. The molecule has 1 aliphatic heterocycles. The largest absolute Gasteiger partial charge is 0.455 e. The first-order valence-corrected chi connectivity index (χ1v) is 3.22. The summed E-state index contributed by atoms with van der Waals surface area (Å²) in [7, 11) is 0. The fourth-order valence-electron chi connectivity index (χ4n) is 0.941. The molecule has 1 saturated heterocycles. The van der Waals surface area contributed by atoms with Crippen LogP contribution in [0.1, 0.15) is 6.92 Å². The second-order valence-corrected chi connectivity index (χ2v) is 2.72. The van der Waals surface area contributed by atoms with Crippen LogP contribution in [0.3, 0.4) is 0 Å². The Morgan fingerprint density at radius 3 is 2.45 bits per heavy atom. The third-order valence-electron chi connectivity index (χ3n) is 1.78. The number of esters is 1. The van der Waals surface area contributed by atoms with Crippen molar-refractivity contribution in [3.8, 4) is 0 Å². The highest BCUT2D eigenvalue weighted by Gasteiger charge is 2.52. The summed E-state index contributed by atoms with van der Waals surface area (Å²) >= 11 is 0. The van der Waals surface area contributed by atoms with Crippen LogP contribution in [0.2, 0.25) is 0 Å². The van der Waals surface area contributed by atoms with E-state index in [-0.39, 0.29) is 0 Å². The highest BCUT2D eigenvalue weighted by Crippen LogP contribution is 2.25. The summed E-state index contributed by atoms with van der Waals surface area (Å²) in [4.78, 5) is 10.7. The van der Waals surface area contributed by atoms with E-state index in [1.54, 1.807) is 0 Å². The van der Waals surface area contributed by atoms with Crippen LogP contribution in [0, 0.1) is 0 Å². The highest BCUT2D eigenvalue weighted by molar-refractivity contribution is 5.82. The number of carbonyl (C=O) groups is 1. The fraction of sp³-hybridized carbons (Fsp3) is 0.833. The number of aliphatic hydroxyl groups excluding tert-OH is 2. The molecular weight excluding hydrogens is 152 g/mol. The van der Waals surface area contributed by atoms with Crippen LogP contribution in [0.15, 0.2) is 0 Å². The summed E-state index contributed by atoms with van der Waals surface area (Å²) in [6.45, 7) is 0.665. The first-order valence-electron chi connectivity index (χ1n) is 3.22. The van der Waals surface area contributed by atoms with Crippen molar-refractivity contribution in [3.63, 3.8) is 0 Å². The highest BCUT2D eigenvalue weighted by atomic mass is 16.6. The van der Waals surface area contributed by atoms with Gasteiger partial charge < -0.3 is 20.1 Å². The molecule has 0 bridgehead atoms. The third-order valence-corrected chi connectivity index (χ3v) is 1.78. The molecule has 3 N–H and O–H groups in total. The van der Waals surface area contributed by atoms with Crippen LogP contribution < -0.4 is 0 Å². The first-order chi connectivity index (χ1) is 5.00. The molecule has 0 aromatic rings. The second-order valence-electron chi connectivity index (χ2n) is 2.72. The van der Waals surface area contributed by atoms with E-state index >= 15 is 0 Å². The van der Waals surface area contributed by atoms with Gasteiger partial charge in [-0.3, -0.25) is 0 Å². The van der Waals surface area contributed by atoms with Gasteiger partial charge in [0.05, 0.1) is 6.61 Å². The normalized spacial score (nSPS) is 44.2. The lowest BCUT2D eigenvalue weighted by atomic mass is 9.99. The van der Waals surface area contributed by atoms with Gasteiger partial charge >= 0.3 is 5.97 Å². The quantitative estimate of drug-likeness (QED) is 0.389. The van der Waals surface area contributed by atoms with Crippen LogP contribution in [0.5, 0.6) is 0 Å². The van der Waals surface area contributed by atoms with Crippen LogP contribution in [-0.2, 0) is 9.53 Å². The van der Waals surface area contributed by atoms with Crippen molar-refractivity contribution < 1.29 is 24.9 Å². The SMILES string of the molecule is C[C@@]1(O)C(=O)O[C@@H](CO)[C@@H]1O. The first kappa shape index (κ1) is 8.45. The Bertz CT molecular complexity index is 176. The van der Waals surface area contributed by atoms with Gasteiger partial charge in [-0.1, -0.05) is 0 Å². The van der Waals surface area contributed by atoms with Crippen molar-refractivity contribution in [2.24, 2.45) is 0 Å². The van der Waals surface area contributed by atoms with Crippen LogP contribution in [-0.4, -0.2) is 45.7 Å². The van der Waals surface area contributed by atoms with Crippen molar-refractivity contribution in [1.82, 2.24) is 0 Å². The van der Waals surface area contributed by atoms with Gasteiger partial charge in [0.2, 0.25) is 0 Å². The molecule has 1 rings (SSSR count). The smallest absolute Gasteiger partial charge is 0.341 e. The summed E-state index contributed by atoms with van der Waals surface area (Å²) in [5.41, 5.74) is -1.88. The molecule has 1 fully saturated rings. The molecule has 0 spiro atoms. The van der Waals surface area contributed by atoms with Crippen molar-refractivity contribution in [3.05, 3.63) is 0 Å². The van der Waals surface area contributed by atoms with Crippen molar-refractivity contribution in [1.29, 1.82) is 0 Å². The second kappa shape index (κ2) is 2.44. The average molecular weight is 162 g/mol. The summed E-state index contributed by atoms with van der Waals surface area (Å²) in [5, 5.41) is 26.9. The summed E-state index contributed by atoms with van der Waals surface area (Å²) < 4.78 is 4.45. The van der Waals surface area contributed by atoms with Gasteiger partial charge in [0.1, 0.15) is 6.10 Å². The van der Waals surface area contributed by atoms with Crippen molar-refractivity contribution >= 4 is 5.97 Å². The Kier molecular flexibility index (Phi) is 1.87. The monoisotopic (exact) mass is 162 g/mol. The van der Waals surface area contributed by atoms with Gasteiger partial charge in [-0.2, -0.15) is 0 Å². The van der Waals surface area contributed by atoms with E-state index in [1.165, 1.54) is 0 Å². The van der Waals surface area contributed by atoms with E-state index < -0.39 is 30.4 Å². The predicted molar refractivity (Wildman–Crippen MR) is 33.6 cm³/mol. The molecule has 1 aliphatic rings. The molecule has 0 aliphatic carbocycles. The Morgan fingerprint density at radius 1 is 1.73 bits per heavy atom. The molecule has 0 amide bonds. The maximum atomic E-state index is 10.7. The van der Waals surface area contributed by atoms with E-state index in [0.29, 0.717) is 0 Å². The number of ether oxygens (including phenoxy) is 1. The summed E-state index contributed by atoms with van der Waals surface area (Å²) in [5.74, 6) is -0.899. The molecule has 0 radical (unpaired) electrons. The predicted octanol–water partition coefficient (Wildman–Crippen LogP) is -1.98. The number of carbonyl (C=O) groups excluding carboxylic acids is 1. The zero-order valence-corrected chi connectivity index (χ0v) is 6.02. The van der Waals surface area contributed by atoms with E-state index in [1.807, 2.05) is 0 Å². The number of hydrogen-bond acceptors (Lipinski definition) is 5. The molecule has 3 atom stereocenters. The number of aliphatic hydroxyl groups is 3. The van der Waals surface area contributed by atoms with Gasteiger partial charge in [0, 0.05) is 0 Å². The summed E-state index contributed by atoms with van der Waals surface area (Å²) in [6.07, 6.45) is -2.35. The van der Waals surface area contributed by atoms with E-state index in [2.05, 4.69) is 4.74 Å². The molecule has 0 aromatic carbocycles. The minimum absolute atomic E-state index is 0.483. The maximum Gasteiger partial charge on any atom is 0.341 e. The zero-order chi connectivity index (χ0) is 8.65.